The SMILES string of the molecule is CC(C)(C)c1ccc2c(c1)c1cc(C(C)(C)C)cc3c1n2-c1cc(-c2ccccc2)cc2c1B3c1cc3sc4ccc(-c5ccccc5)cc4c3cc1N2c1ccccc1-c1ccc(-c2ccccc2)cc1. The average molecular weight is 941 g/mol. The molecule has 2 aliphatic rings. The summed E-state index contributed by atoms with van der Waals surface area (Å²) in [6.07, 6.45) is 0. The van der Waals surface area contributed by atoms with E-state index < -0.39 is 0 Å². The van der Waals surface area contributed by atoms with Gasteiger partial charge in [-0.15, -0.1) is 11.3 Å². The number of aromatic nitrogens is 1. The molecule has 0 N–H and O–H groups in total. The largest absolute Gasteiger partial charge is 0.311 e. The summed E-state index contributed by atoms with van der Waals surface area (Å²) in [4.78, 5) is 2.64. The Labute approximate surface area is 426 Å². The molecule has 4 heteroatoms. The van der Waals surface area contributed by atoms with E-state index in [1.165, 1.54) is 131 Å². The lowest BCUT2D eigenvalue weighted by atomic mass is 9.33. The van der Waals surface area contributed by atoms with Gasteiger partial charge in [0.1, 0.15) is 0 Å². The molecule has 0 saturated carbocycles. The fraction of sp³-hybridized carbons (Fsp3) is 0.118. The molecule has 4 heterocycles. The van der Waals surface area contributed by atoms with Crippen LogP contribution in [0.5, 0.6) is 0 Å². The maximum atomic E-state index is 2.64. The van der Waals surface area contributed by atoms with Gasteiger partial charge in [0.15, 0.2) is 0 Å². The molecule has 12 aromatic rings. The number of nitrogens with zero attached hydrogens (tertiary/aromatic N) is 2. The van der Waals surface area contributed by atoms with Crippen LogP contribution in [0.2, 0.25) is 0 Å². The van der Waals surface area contributed by atoms with Gasteiger partial charge in [-0.05, 0) is 138 Å². The van der Waals surface area contributed by atoms with Crippen LogP contribution in [0.15, 0.2) is 212 Å². The van der Waals surface area contributed by atoms with Crippen LogP contribution in [0.4, 0.5) is 17.1 Å². The third kappa shape index (κ3) is 6.62. The van der Waals surface area contributed by atoms with Crippen LogP contribution in [0, 0.1) is 0 Å². The Kier molecular flexibility index (Phi) is 9.41. The van der Waals surface area contributed by atoms with Crippen LogP contribution >= 0.6 is 11.3 Å². The van der Waals surface area contributed by atoms with Crippen LogP contribution in [-0.4, -0.2) is 11.3 Å². The highest BCUT2D eigenvalue weighted by Crippen LogP contribution is 2.49. The van der Waals surface area contributed by atoms with Crippen molar-refractivity contribution in [3.63, 3.8) is 0 Å². The van der Waals surface area contributed by atoms with Crippen molar-refractivity contribution >= 4 is 93.5 Å². The van der Waals surface area contributed by atoms with E-state index in [9.17, 15) is 0 Å². The summed E-state index contributed by atoms with van der Waals surface area (Å²) in [7, 11) is 0. The van der Waals surface area contributed by atoms with Gasteiger partial charge in [-0.3, -0.25) is 0 Å². The molecule has 2 nitrogen and oxygen atoms in total. The van der Waals surface area contributed by atoms with Gasteiger partial charge in [-0.1, -0.05) is 193 Å². The Balaban J connectivity index is 1.12. The monoisotopic (exact) mass is 940 g/mol. The minimum Gasteiger partial charge on any atom is -0.311 e. The zero-order chi connectivity index (χ0) is 48.6. The van der Waals surface area contributed by atoms with Crippen molar-refractivity contribution < 1.29 is 0 Å². The number of benzene rings is 10. The molecular weight excluding hydrogens is 888 g/mol. The predicted octanol–water partition coefficient (Wildman–Crippen LogP) is 17.0. The Morgan fingerprint density at radius 1 is 0.361 bits per heavy atom. The van der Waals surface area contributed by atoms with Crippen LogP contribution in [0.25, 0.3) is 92.2 Å². The molecule has 0 atom stereocenters. The molecule has 0 spiro atoms. The zero-order valence-electron chi connectivity index (χ0n) is 41.6. The molecule has 0 bridgehead atoms. The minimum absolute atomic E-state index is 0.00352. The summed E-state index contributed by atoms with van der Waals surface area (Å²) in [5, 5.41) is 5.24. The number of thiophene rings is 1. The molecule has 10 aromatic carbocycles. The fourth-order valence-electron chi connectivity index (χ4n) is 12.0. The van der Waals surface area contributed by atoms with Crippen molar-refractivity contribution in [2.24, 2.45) is 0 Å². The molecular formula is C68H53BN2S. The summed E-state index contributed by atoms with van der Waals surface area (Å²) in [6, 6.07) is 80.4. The van der Waals surface area contributed by atoms with Gasteiger partial charge in [0.25, 0.3) is 6.71 Å². The van der Waals surface area contributed by atoms with Gasteiger partial charge in [-0.2, -0.15) is 0 Å². The molecule has 2 aliphatic heterocycles. The number of fused-ring (bicyclic) bond motifs is 10. The number of rotatable bonds is 5. The maximum Gasteiger partial charge on any atom is 0.252 e. The van der Waals surface area contributed by atoms with Crippen molar-refractivity contribution in [3.05, 3.63) is 223 Å². The van der Waals surface area contributed by atoms with Crippen molar-refractivity contribution in [1.82, 2.24) is 4.57 Å². The van der Waals surface area contributed by atoms with E-state index in [-0.39, 0.29) is 17.5 Å². The van der Waals surface area contributed by atoms with E-state index in [2.05, 4.69) is 263 Å². The predicted molar refractivity (Wildman–Crippen MR) is 312 cm³/mol. The average Bonchev–Trinajstić information content (AvgIpc) is 3.94. The molecule has 0 unspecified atom stereocenters. The summed E-state index contributed by atoms with van der Waals surface area (Å²) in [6.45, 7) is 14.1. The van der Waals surface area contributed by atoms with E-state index in [1.54, 1.807) is 0 Å². The molecule has 72 heavy (non-hydrogen) atoms. The quantitative estimate of drug-likeness (QED) is 0.156. The lowest BCUT2D eigenvalue weighted by molar-refractivity contribution is 0.590. The third-order valence-electron chi connectivity index (χ3n) is 15.7. The highest BCUT2D eigenvalue weighted by Gasteiger charge is 2.44. The molecule has 0 amide bonds. The number of hydrogen-bond acceptors (Lipinski definition) is 2. The van der Waals surface area contributed by atoms with E-state index in [1.807, 2.05) is 11.3 Å². The molecule has 0 radical (unpaired) electrons. The first kappa shape index (κ1) is 42.9. The van der Waals surface area contributed by atoms with E-state index in [0.29, 0.717) is 0 Å². The molecule has 2 aromatic heterocycles. The Hall–Kier alpha value is -7.92. The fourth-order valence-corrected chi connectivity index (χ4v) is 13.1. The van der Waals surface area contributed by atoms with Crippen LogP contribution in [0.1, 0.15) is 52.7 Å². The number of hydrogen-bond donors (Lipinski definition) is 0. The zero-order valence-corrected chi connectivity index (χ0v) is 42.4. The van der Waals surface area contributed by atoms with E-state index in [4.69, 9.17) is 0 Å². The Bertz CT molecular complexity index is 4150. The van der Waals surface area contributed by atoms with Crippen molar-refractivity contribution in [1.29, 1.82) is 0 Å². The van der Waals surface area contributed by atoms with E-state index in [0.717, 1.165) is 5.69 Å². The summed E-state index contributed by atoms with van der Waals surface area (Å²) in [5.74, 6) is 0. The summed E-state index contributed by atoms with van der Waals surface area (Å²) >= 11 is 1.92. The molecule has 344 valence electrons. The number of anilines is 3. The molecule has 14 rings (SSSR count). The highest BCUT2D eigenvalue weighted by atomic mass is 32.1. The third-order valence-corrected chi connectivity index (χ3v) is 16.8. The van der Waals surface area contributed by atoms with Crippen molar-refractivity contribution in [2.75, 3.05) is 4.90 Å². The number of para-hydroxylation sites is 1. The second kappa shape index (κ2) is 15.8. The van der Waals surface area contributed by atoms with E-state index >= 15 is 0 Å². The van der Waals surface area contributed by atoms with Gasteiger partial charge in [0.2, 0.25) is 0 Å². The lowest BCUT2D eigenvalue weighted by Crippen LogP contribution is -2.60. The van der Waals surface area contributed by atoms with Crippen molar-refractivity contribution in [2.45, 2.75) is 52.4 Å². The Morgan fingerprint density at radius 3 is 1.62 bits per heavy atom. The van der Waals surface area contributed by atoms with Crippen LogP contribution in [0.3, 0.4) is 0 Å². The normalized spacial score (nSPS) is 13.1. The minimum atomic E-state index is -0.0779. The van der Waals surface area contributed by atoms with Gasteiger partial charge in [-0.25, -0.2) is 0 Å². The topological polar surface area (TPSA) is 8.17 Å². The molecule has 0 aliphatic carbocycles. The van der Waals surface area contributed by atoms with Crippen molar-refractivity contribution in [3.8, 4) is 50.2 Å². The molecule has 0 fully saturated rings. The van der Waals surface area contributed by atoms with Crippen LogP contribution < -0.4 is 21.3 Å². The first-order valence-electron chi connectivity index (χ1n) is 25.4. The Morgan fingerprint density at radius 2 is 0.931 bits per heavy atom. The smallest absolute Gasteiger partial charge is 0.252 e. The summed E-state index contributed by atoms with van der Waals surface area (Å²) < 4.78 is 5.26. The van der Waals surface area contributed by atoms with Crippen LogP contribution in [-0.2, 0) is 10.8 Å². The highest BCUT2D eigenvalue weighted by molar-refractivity contribution is 7.26. The maximum absolute atomic E-state index is 2.64. The van der Waals surface area contributed by atoms with Gasteiger partial charge in [0, 0.05) is 59.1 Å². The summed E-state index contributed by atoms with van der Waals surface area (Å²) in [5.41, 5.74) is 23.8. The second-order valence-corrected chi connectivity index (χ2v) is 23.2. The lowest BCUT2D eigenvalue weighted by Gasteiger charge is -2.41. The van der Waals surface area contributed by atoms with Gasteiger partial charge < -0.3 is 9.47 Å². The first-order chi connectivity index (χ1) is 35.0. The van der Waals surface area contributed by atoms with Gasteiger partial charge in [0.05, 0.1) is 11.2 Å². The van der Waals surface area contributed by atoms with Gasteiger partial charge >= 0.3 is 0 Å². The first-order valence-corrected chi connectivity index (χ1v) is 26.3. The standard InChI is InChI=1S/C68H53BN2S/c1-67(2,3)49-31-32-59-52(37-49)55-38-50(68(4,5)6)39-57-66(55)71(59)62-36-48(44-22-14-9-15-23-44)35-61-65(62)69(57)56-41-64-54(53-34-47(30-33-63(53)72-64)43-20-12-8-13-21-43)40-60(56)70(61)58-25-17-16-24-51(58)46-28-26-45(27-29-46)42-18-10-7-11-19-42/h7-41H,1-6H3. The second-order valence-electron chi connectivity index (χ2n) is 22.1. The molecule has 0 saturated heterocycles.